The number of nitrogens with one attached hydrogen (secondary N) is 3. The van der Waals surface area contributed by atoms with Crippen molar-refractivity contribution in [3.05, 3.63) is 65.5 Å². The predicted octanol–water partition coefficient (Wildman–Crippen LogP) is 3.10. The Kier molecular flexibility index (Phi) is 11.2. The van der Waals surface area contributed by atoms with Crippen molar-refractivity contribution in [1.29, 1.82) is 0 Å². The SMILES string of the molecule is CCNC(=NCC(C)c1cccc(C)c1)NCCNC(=O)c1cccnc1.I. The van der Waals surface area contributed by atoms with E-state index in [-0.39, 0.29) is 29.9 Å². The van der Waals surface area contributed by atoms with E-state index in [0.717, 1.165) is 12.5 Å². The highest BCUT2D eigenvalue weighted by Crippen LogP contribution is 2.16. The van der Waals surface area contributed by atoms with Gasteiger partial charge < -0.3 is 16.0 Å². The molecule has 0 spiro atoms. The minimum absolute atomic E-state index is 0. The van der Waals surface area contributed by atoms with E-state index in [0.29, 0.717) is 31.1 Å². The second-order valence-corrected chi connectivity index (χ2v) is 6.46. The van der Waals surface area contributed by atoms with Crippen LogP contribution in [0.4, 0.5) is 0 Å². The van der Waals surface area contributed by atoms with Gasteiger partial charge in [-0.25, -0.2) is 0 Å². The van der Waals surface area contributed by atoms with Crippen LogP contribution in [-0.4, -0.2) is 43.0 Å². The van der Waals surface area contributed by atoms with Crippen LogP contribution in [0, 0.1) is 6.92 Å². The van der Waals surface area contributed by atoms with Crippen LogP contribution in [0.3, 0.4) is 0 Å². The molecule has 0 radical (unpaired) electrons. The summed E-state index contributed by atoms with van der Waals surface area (Å²) in [6, 6.07) is 12.0. The largest absolute Gasteiger partial charge is 0.357 e. The van der Waals surface area contributed by atoms with Gasteiger partial charge in [-0.1, -0.05) is 36.8 Å². The number of nitrogens with zero attached hydrogens (tertiary/aromatic N) is 2. The van der Waals surface area contributed by atoms with Crippen LogP contribution in [0.2, 0.25) is 0 Å². The van der Waals surface area contributed by atoms with Crippen molar-refractivity contribution in [3.63, 3.8) is 0 Å². The number of pyridine rings is 1. The Morgan fingerprint density at radius 2 is 1.93 bits per heavy atom. The van der Waals surface area contributed by atoms with Gasteiger partial charge in [0.25, 0.3) is 5.91 Å². The van der Waals surface area contributed by atoms with E-state index in [1.165, 1.54) is 11.1 Å². The lowest BCUT2D eigenvalue weighted by Crippen LogP contribution is -2.41. The molecule has 152 valence electrons. The van der Waals surface area contributed by atoms with Gasteiger partial charge in [0.05, 0.1) is 5.56 Å². The Balaban J connectivity index is 0.00000392. The maximum Gasteiger partial charge on any atom is 0.252 e. The van der Waals surface area contributed by atoms with Crippen LogP contribution in [0.5, 0.6) is 0 Å². The average Bonchev–Trinajstić information content (AvgIpc) is 2.69. The van der Waals surface area contributed by atoms with E-state index >= 15 is 0 Å². The van der Waals surface area contributed by atoms with Crippen molar-refractivity contribution in [2.45, 2.75) is 26.7 Å². The Hall–Kier alpha value is -2.16. The number of aliphatic imine (C=N–C) groups is 1. The molecule has 1 heterocycles. The van der Waals surface area contributed by atoms with Gasteiger partial charge in [0.1, 0.15) is 0 Å². The molecule has 1 amide bonds. The molecule has 2 aromatic rings. The summed E-state index contributed by atoms with van der Waals surface area (Å²) in [4.78, 5) is 20.6. The van der Waals surface area contributed by atoms with Crippen LogP contribution < -0.4 is 16.0 Å². The molecule has 2 rings (SSSR count). The molecule has 1 atom stereocenters. The summed E-state index contributed by atoms with van der Waals surface area (Å²) in [6.07, 6.45) is 3.20. The van der Waals surface area contributed by atoms with E-state index in [9.17, 15) is 4.79 Å². The summed E-state index contributed by atoms with van der Waals surface area (Å²) < 4.78 is 0. The molecular weight excluding hydrogens is 465 g/mol. The van der Waals surface area contributed by atoms with Crippen molar-refractivity contribution in [3.8, 4) is 0 Å². The number of guanidine groups is 1. The van der Waals surface area contributed by atoms with Crippen molar-refractivity contribution in [2.24, 2.45) is 4.99 Å². The number of rotatable bonds is 8. The standard InChI is InChI=1S/C21H29N5O.HI/c1-4-23-21(26-14-17(3)18-8-5-7-16(2)13-18)25-12-11-24-20(27)19-9-6-10-22-15-19;/h5-10,13,15,17H,4,11-12,14H2,1-3H3,(H,24,27)(H2,23,25,26);1H. The first-order valence-electron chi connectivity index (χ1n) is 9.37. The Morgan fingerprint density at radius 1 is 1.14 bits per heavy atom. The zero-order valence-electron chi connectivity index (χ0n) is 16.7. The molecule has 0 saturated carbocycles. The number of aromatic nitrogens is 1. The Morgan fingerprint density at radius 3 is 2.61 bits per heavy atom. The topological polar surface area (TPSA) is 78.4 Å². The fourth-order valence-electron chi connectivity index (χ4n) is 2.61. The van der Waals surface area contributed by atoms with Gasteiger partial charge in [-0.15, -0.1) is 24.0 Å². The average molecular weight is 495 g/mol. The molecule has 28 heavy (non-hydrogen) atoms. The lowest BCUT2D eigenvalue weighted by atomic mass is 10.00. The molecule has 1 aromatic carbocycles. The summed E-state index contributed by atoms with van der Waals surface area (Å²) in [7, 11) is 0. The lowest BCUT2D eigenvalue weighted by Gasteiger charge is -2.14. The zero-order chi connectivity index (χ0) is 19.5. The van der Waals surface area contributed by atoms with Gasteiger partial charge in [-0.3, -0.25) is 14.8 Å². The summed E-state index contributed by atoms with van der Waals surface area (Å²) in [5, 5.41) is 9.36. The van der Waals surface area contributed by atoms with Gasteiger partial charge >= 0.3 is 0 Å². The van der Waals surface area contributed by atoms with E-state index in [1.54, 1.807) is 24.5 Å². The minimum atomic E-state index is -0.125. The molecule has 3 N–H and O–H groups in total. The monoisotopic (exact) mass is 495 g/mol. The summed E-state index contributed by atoms with van der Waals surface area (Å²) in [5.41, 5.74) is 3.11. The number of aryl methyl sites for hydroxylation is 1. The summed E-state index contributed by atoms with van der Waals surface area (Å²) in [5.74, 6) is 0.971. The van der Waals surface area contributed by atoms with E-state index in [1.807, 2.05) is 6.92 Å². The van der Waals surface area contributed by atoms with Gasteiger partial charge in [-0.2, -0.15) is 0 Å². The maximum absolute atomic E-state index is 12.0. The second-order valence-electron chi connectivity index (χ2n) is 6.46. The Labute approximate surface area is 184 Å². The van der Waals surface area contributed by atoms with Crippen molar-refractivity contribution >= 4 is 35.8 Å². The minimum Gasteiger partial charge on any atom is -0.357 e. The van der Waals surface area contributed by atoms with Crippen LogP contribution in [0.15, 0.2) is 53.8 Å². The van der Waals surface area contributed by atoms with Gasteiger partial charge in [0, 0.05) is 44.5 Å². The molecule has 0 aliphatic carbocycles. The third-order valence-corrected chi connectivity index (χ3v) is 4.11. The van der Waals surface area contributed by atoms with E-state index in [4.69, 9.17) is 0 Å². The number of hydrogen-bond donors (Lipinski definition) is 3. The third kappa shape index (κ3) is 8.24. The number of hydrogen-bond acceptors (Lipinski definition) is 3. The molecule has 0 saturated heterocycles. The number of amides is 1. The van der Waals surface area contributed by atoms with Gasteiger partial charge in [0.15, 0.2) is 5.96 Å². The van der Waals surface area contributed by atoms with Crippen molar-refractivity contribution in [1.82, 2.24) is 20.9 Å². The zero-order valence-corrected chi connectivity index (χ0v) is 19.1. The normalized spacial score (nSPS) is 11.9. The maximum atomic E-state index is 12.0. The second kappa shape index (κ2) is 13.1. The van der Waals surface area contributed by atoms with Crippen molar-refractivity contribution < 1.29 is 4.79 Å². The number of benzene rings is 1. The molecular formula is C21H30IN5O. The molecule has 6 nitrogen and oxygen atoms in total. The van der Waals surface area contributed by atoms with Crippen LogP contribution in [-0.2, 0) is 0 Å². The van der Waals surface area contributed by atoms with Crippen molar-refractivity contribution in [2.75, 3.05) is 26.2 Å². The fourth-order valence-corrected chi connectivity index (χ4v) is 2.61. The lowest BCUT2D eigenvalue weighted by molar-refractivity contribution is 0.0954. The Bertz CT molecular complexity index is 751. The molecule has 0 fully saturated rings. The first-order chi connectivity index (χ1) is 13.1. The van der Waals surface area contributed by atoms with E-state index in [2.05, 4.69) is 64.0 Å². The van der Waals surface area contributed by atoms with Gasteiger partial charge in [0.2, 0.25) is 0 Å². The fraction of sp³-hybridized carbons (Fsp3) is 0.381. The number of carbonyl (C=O) groups excluding carboxylic acids is 1. The predicted molar refractivity (Wildman–Crippen MR) is 126 cm³/mol. The number of carbonyl (C=O) groups is 1. The first kappa shape index (κ1) is 23.9. The highest BCUT2D eigenvalue weighted by atomic mass is 127. The van der Waals surface area contributed by atoms with Crippen LogP contribution in [0.25, 0.3) is 0 Å². The molecule has 1 aromatic heterocycles. The molecule has 0 aliphatic rings. The third-order valence-electron chi connectivity index (χ3n) is 4.11. The molecule has 0 bridgehead atoms. The highest BCUT2D eigenvalue weighted by molar-refractivity contribution is 14.0. The van der Waals surface area contributed by atoms with Gasteiger partial charge in [-0.05, 0) is 31.5 Å². The quantitative estimate of drug-likeness (QED) is 0.228. The van der Waals surface area contributed by atoms with E-state index < -0.39 is 0 Å². The highest BCUT2D eigenvalue weighted by Gasteiger charge is 2.07. The summed E-state index contributed by atoms with van der Waals surface area (Å²) >= 11 is 0. The molecule has 1 unspecified atom stereocenters. The summed E-state index contributed by atoms with van der Waals surface area (Å²) in [6.45, 7) is 8.89. The van der Waals surface area contributed by atoms with Crippen LogP contribution >= 0.6 is 24.0 Å². The molecule has 0 aliphatic heterocycles. The smallest absolute Gasteiger partial charge is 0.252 e. The first-order valence-corrected chi connectivity index (χ1v) is 9.37. The van der Waals surface area contributed by atoms with Crippen LogP contribution in [0.1, 0.15) is 41.3 Å². The number of halogens is 1. The molecule has 7 heteroatoms.